The first-order valence-electron chi connectivity index (χ1n) is 7.66. The van der Waals surface area contributed by atoms with Gasteiger partial charge < -0.3 is 5.32 Å². The third-order valence-electron chi connectivity index (χ3n) is 4.15. The normalized spacial score (nSPS) is 11.0. The number of halogens is 1. The van der Waals surface area contributed by atoms with Gasteiger partial charge in [-0.2, -0.15) is 0 Å². The van der Waals surface area contributed by atoms with E-state index in [2.05, 4.69) is 5.32 Å². The molecule has 0 radical (unpaired) electrons. The van der Waals surface area contributed by atoms with Gasteiger partial charge in [-0.3, -0.25) is 13.9 Å². The van der Waals surface area contributed by atoms with Crippen LogP contribution in [0.5, 0.6) is 0 Å². The molecule has 0 bridgehead atoms. The summed E-state index contributed by atoms with van der Waals surface area (Å²) in [6.07, 6.45) is 0.676. The van der Waals surface area contributed by atoms with Gasteiger partial charge in [0.25, 0.3) is 5.91 Å². The highest BCUT2D eigenvalue weighted by atomic mass is 35.5. The number of amides is 1. The van der Waals surface area contributed by atoms with Crippen molar-refractivity contribution in [3.63, 3.8) is 0 Å². The van der Waals surface area contributed by atoms with Crippen molar-refractivity contribution in [2.45, 2.75) is 6.42 Å². The van der Waals surface area contributed by atoms with E-state index in [9.17, 15) is 9.59 Å². The molecule has 1 aromatic heterocycles. The lowest BCUT2D eigenvalue weighted by atomic mass is 10.1. The van der Waals surface area contributed by atoms with Crippen molar-refractivity contribution >= 4 is 28.5 Å². The van der Waals surface area contributed by atoms with Crippen molar-refractivity contribution in [2.24, 2.45) is 14.1 Å². The molecule has 1 amide bonds. The first kappa shape index (κ1) is 16.3. The van der Waals surface area contributed by atoms with Crippen LogP contribution in [0.4, 0.5) is 0 Å². The number of hydrogen-bond acceptors (Lipinski definition) is 2. The molecular weight excluding hydrogens is 326 g/mol. The van der Waals surface area contributed by atoms with Crippen molar-refractivity contribution in [3.8, 4) is 0 Å². The number of fused-ring (bicyclic) bond motifs is 1. The van der Waals surface area contributed by atoms with E-state index in [1.165, 1.54) is 0 Å². The topological polar surface area (TPSA) is 56.0 Å². The maximum Gasteiger partial charge on any atom is 0.328 e. The van der Waals surface area contributed by atoms with E-state index >= 15 is 0 Å². The number of imidazole rings is 1. The van der Waals surface area contributed by atoms with E-state index in [-0.39, 0.29) is 11.6 Å². The van der Waals surface area contributed by atoms with E-state index < -0.39 is 0 Å². The number of hydrogen-bond donors (Lipinski definition) is 1. The van der Waals surface area contributed by atoms with Gasteiger partial charge >= 0.3 is 5.69 Å². The van der Waals surface area contributed by atoms with Crippen LogP contribution in [-0.2, 0) is 20.5 Å². The Morgan fingerprint density at radius 1 is 1.08 bits per heavy atom. The quantitative estimate of drug-likeness (QED) is 0.791. The van der Waals surface area contributed by atoms with Crippen LogP contribution in [0.25, 0.3) is 11.0 Å². The van der Waals surface area contributed by atoms with Crippen LogP contribution in [0.3, 0.4) is 0 Å². The van der Waals surface area contributed by atoms with Gasteiger partial charge in [-0.25, -0.2) is 4.79 Å². The second-order valence-electron chi connectivity index (χ2n) is 5.71. The molecule has 3 aromatic rings. The molecule has 0 unspecified atom stereocenters. The molecular formula is C18H18ClN3O2. The number of rotatable bonds is 4. The minimum Gasteiger partial charge on any atom is -0.352 e. The molecule has 3 rings (SSSR count). The van der Waals surface area contributed by atoms with Gasteiger partial charge in [0.2, 0.25) is 0 Å². The Morgan fingerprint density at radius 3 is 2.54 bits per heavy atom. The molecule has 0 saturated heterocycles. The minimum absolute atomic E-state index is 0.0471. The molecule has 6 heteroatoms. The lowest BCUT2D eigenvalue weighted by Crippen LogP contribution is -2.25. The molecule has 2 aromatic carbocycles. The van der Waals surface area contributed by atoms with Gasteiger partial charge in [-0.15, -0.1) is 0 Å². The summed E-state index contributed by atoms with van der Waals surface area (Å²) in [6, 6.07) is 12.9. The predicted molar refractivity (Wildman–Crippen MR) is 95.6 cm³/mol. The highest BCUT2D eigenvalue weighted by Gasteiger charge is 2.10. The molecule has 0 aliphatic carbocycles. The smallest absolute Gasteiger partial charge is 0.328 e. The molecule has 0 fully saturated rings. The van der Waals surface area contributed by atoms with E-state index in [1.54, 1.807) is 47.5 Å². The van der Waals surface area contributed by atoms with Gasteiger partial charge in [-0.1, -0.05) is 29.8 Å². The van der Waals surface area contributed by atoms with Crippen LogP contribution in [0.1, 0.15) is 15.9 Å². The molecule has 0 spiro atoms. The van der Waals surface area contributed by atoms with Crippen LogP contribution in [0, 0.1) is 0 Å². The molecule has 0 atom stereocenters. The van der Waals surface area contributed by atoms with Gasteiger partial charge in [0, 0.05) is 20.6 Å². The third kappa shape index (κ3) is 2.95. The molecule has 0 aliphatic heterocycles. The van der Waals surface area contributed by atoms with E-state index in [4.69, 9.17) is 11.6 Å². The van der Waals surface area contributed by atoms with E-state index in [1.807, 2.05) is 18.2 Å². The number of carbonyl (C=O) groups is 1. The molecule has 1 N–H and O–H groups in total. The zero-order chi connectivity index (χ0) is 17.3. The molecule has 0 aliphatic rings. The monoisotopic (exact) mass is 343 g/mol. The zero-order valence-corrected chi connectivity index (χ0v) is 14.3. The van der Waals surface area contributed by atoms with Crippen molar-refractivity contribution in [1.82, 2.24) is 14.5 Å². The van der Waals surface area contributed by atoms with Crippen molar-refractivity contribution < 1.29 is 4.79 Å². The largest absolute Gasteiger partial charge is 0.352 e. The third-order valence-corrected chi connectivity index (χ3v) is 4.48. The summed E-state index contributed by atoms with van der Waals surface area (Å²) in [5.41, 5.74) is 3.26. The Bertz CT molecular complexity index is 972. The number of carbonyl (C=O) groups excluding carboxylic acids is 1. The summed E-state index contributed by atoms with van der Waals surface area (Å²) in [5.74, 6) is -0.186. The number of aryl methyl sites for hydroxylation is 2. The molecule has 0 saturated carbocycles. The summed E-state index contributed by atoms with van der Waals surface area (Å²) in [6.45, 7) is 0.496. The summed E-state index contributed by atoms with van der Waals surface area (Å²) in [4.78, 5) is 24.1. The summed E-state index contributed by atoms with van der Waals surface area (Å²) < 4.78 is 3.25. The maximum atomic E-state index is 12.1. The van der Waals surface area contributed by atoms with Crippen molar-refractivity contribution in [3.05, 3.63) is 69.1 Å². The van der Waals surface area contributed by atoms with Crippen LogP contribution in [-0.4, -0.2) is 21.6 Å². The van der Waals surface area contributed by atoms with Crippen LogP contribution < -0.4 is 11.0 Å². The van der Waals surface area contributed by atoms with Gasteiger partial charge in [0.1, 0.15) is 0 Å². The zero-order valence-electron chi connectivity index (χ0n) is 13.5. The average molecular weight is 344 g/mol. The Morgan fingerprint density at radius 2 is 1.79 bits per heavy atom. The first-order chi connectivity index (χ1) is 11.5. The second kappa shape index (κ2) is 6.53. The van der Waals surface area contributed by atoms with Crippen molar-refractivity contribution in [2.75, 3.05) is 6.54 Å². The van der Waals surface area contributed by atoms with Gasteiger partial charge in [0.05, 0.1) is 21.6 Å². The molecule has 1 heterocycles. The Hall–Kier alpha value is -2.53. The number of nitrogens with one attached hydrogen (secondary N) is 1. The Kier molecular flexibility index (Phi) is 4.44. The average Bonchev–Trinajstić information content (AvgIpc) is 2.79. The first-order valence-corrected chi connectivity index (χ1v) is 8.04. The Balaban J connectivity index is 1.70. The predicted octanol–water partition coefficient (Wildman–Crippen LogP) is 2.50. The van der Waals surface area contributed by atoms with Crippen LogP contribution >= 0.6 is 11.6 Å². The van der Waals surface area contributed by atoms with E-state index in [0.717, 1.165) is 16.6 Å². The summed E-state index contributed by atoms with van der Waals surface area (Å²) in [7, 11) is 3.52. The molecule has 5 nitrogen and oxygen atoms in total. The fraction of sp³-hybridized carbons (Fsp3) is 0.222. The van der Waals surface area contributed by atoms with Gasteiger partial charge in [0.15, 0.2) is 0 Å². The minimum atomic E-state index is -0.186. The Labute approximate surface area is 144 Å². The standard InChI is InChI=1S/C18H18ClN3O2/c1-21-15-8-7-12(11-16(15)22(2)18(21)24)9-10-20-17(23)13-5-3-4-6-14(13)19/h3-8,11H,9-10H2,1-2H3,(H,20,23). The van der Waals surface area contributed by atoms with Crippen molar-refractivity contribution in [1.29, 1.82) is 0 Å². The van der Waals surface area contributed by atoms with Crippen LogP contribution in [0.15, 0.2) is 47.3 Å². The summed E-state index contributed by atoms with van der Waals surface area (Å²) >= 11 is 6.02. The fourth-order valence-corrected chi connectivity index (χ4v) is 2.99. The SMILES string of the molecule is Cn1c(=O)n(C)c2cc(CCNC(=O)c3ccccc3Cl)ccc21. The summed E-state index contributed by atoms with van der Waals surface area (Å²) in [5, 5.41) is 3.31. The highest BCUT2D eigenvalue weighted by Crippen LogP contribution is 2.16. The number of nitrogens with zero attached hydrogens (tertiary/aromatic N) is 2. The highest BCUT2D eigenvalue weighted by molar-refractivity contribution is 6.33. The van der Waals surface area contributed by atoms with Crippen LogP contribution in [0.2, 0.25) is 5.02 Å². The lowest BCUT2D eigenvalue weighted by molar-refractivity contribution is 0.0954. The molecule has 124 valence electrons. The number of benzene rings is 2. The number of aromatic nitrogens is 2. The second-order valence-corrected chi connectivity index (χ2v) is 6.12. The van der Waals surface area contributed by atoms with Gasteiger partial charge in [-0.05, 0) is 36.2 Å². The fourth-order valence-electron chi connectivity index (χ4n) is 2.77. The maximum absolute atomic E-state index is 12.1. The lowest BCUT2D eigenvalue weighted by Gasteiger charge is -2.07. The molecule has 24 heavy (non-hydrogen) atoms. The van der Waals surface area contributed by atoms with E-state index in [0.29, 0.717) is 23.6 Å².